The van der Waals surface area contributed by atoms with E-state index < -0.39 is 16.4 Å². The molecule has 1 N–H and O–H groups in total. The minimum atomic E-state index is -1.45. The molecule has 3 heteroatoms. The molecule has 3 rings (SSSR count). The average molecular weight is 248 g/mol. The molecule has 0 aliphatic heterocycles. The summed E-state index contributed by atoms with van der Waals surface area (Å²) in [6.45, 7) is 5.90. The van der Waals surface area contributed by atoms with Gasteiger partial charge in [-0.2, -0.15) is 0 Å². The summed E-state index contributed by atoms with van der Waals surface area (Å²) in [6.07, 6.45) is 4.74. The monoisotopic (exact) mass is 248 g/mol. The first kappa shape index (κ1) is 12.1. The third-order valence-electron chi connectivity index (χ3n) is 6.16. The molecule has 5 atom stereocenters. The van der Waals surface area contributed by atoms with Gasteiger partial charge in [-0.3, -0.25) is 4.79 Å². The summed E-state index contributed by atoms with van der Waals surface area (Å²) in [5.41, 5.74) is -1.68. The number of allylic oxidation sites excluding steroid dienone is 2. The van der Waals surface area contributed by atoms with Gasteiger partial charge in [0.2, 0.25) is 0 Å². The van der Waals surface area contributed by atoms with E-state index in [1.165, 1.54) is 5.57 Å². The summed E-state index contributed by atoms with van der Waals surface area (Å²) in [5.74, 6) is 0.578. The zero-order valence-corrected chi connectivity index (χ0v) is 11.2. The van der Waals surface area contributed by atoms with Crippen molar-refractivity contribution < 1.29 is 14.7 Å². The van der Waals surface area contributed by atoms with Gasteiger partial charge in [0, 0.05) is 11.8 Å². The lowest BCUT2D eigenvalue weighted by Crippen LogP contribution is -2.58. The van der Waals surface area contributed by atoms with Gasteiger partial charge < -0.3 is 9.90 Å². The molecule has 0 amide bonds. The van der Waals surface area contributed by atoms with E-state index >= 15 is 0 Å². The van der Waals surface area contributed by atoms with Gasteiger partial charge in [0.1, 0.15) is 11.9 Å². The molecule has 2 bridgehead atoms. The van der Waals surface area contributed by atoms with Crippen molar-refractivity contribution in [1.82, 2.24) is 0 Å². The highest BCUT2D eigenvalue weighted by molar-refractivity contribution is 5.98. The highest BCUT2D eigenvalue weighted by Gasteiger charge is 2.73. The summed E-state index contributed by atoms with van der Waals surface area (Å²) in [6, 6.07) is 0. The Morgan fingerprint density at radius 2 is 2.11 bits per heavy atom. The van der Waals surface area contributed by atoms with E-state index in [4.69, 9.17) is 0 Å². The standard InChI is InChI=1S/C15H20O3/c1-9-4-5-11-10(9)6-15(18)12(17)7-13(11,2)14(15,3)8-16/h5,8-10,18H,4,6-7H2,1-3H3. The molecular weight excluding hydrogens is 228 g/mol. The molecule has 0 aromatic heterocycles. The number of carbonyl (C=O) groups is 2. The molecule has 3 nitrogen and oxygen atoms in total. The predicted molar refractivity (Wildman–Crippen MR) is 66.8 cm³/mol. The molecule has 0 aromatic rings. The molecule has 0 heterocycles. The maximum absolute atomic E-state index is 12.3. The van der Waals surface area contributed by atoms with Gasteiger partial charge in [0.15, 0.2) is 5.78 Å². The number of hydrogen-bond acceptors (Lipinski definition) is 3. The number of Topliss-reactive ketones (excluding diaryl/α,β-unsaturated/α-hetero) is 1. The van der Waals surface area contributed by atoms with Gasteiger partial charge in [-0.15, -0.1) is 0 Å². The highest BCUT2D eigenvalue weighted by Crippen LogP contribution is 2.68. The maximum Gasteiger partial charge on any atom is 0.166 e. The molecule has 5 unspecified atom stereocenters. The average Bonchev–Trinajstić information content (AvgIpc) is 2.71. The first-order valence-corrected chi connectivity index (χ1v) is 6.73. The van der Waals surface area contributed by atoms with Gasteiger partial charge in [-0.05, 0) is 31.6 Å². The van der Waals surface area contributed by atoms with E-state index in [9.17, 15) is 14.7 Å². The first-order valence-electron chi connectivity index (χ1n) is 6.73. The van der Waals surface area contributed by atoms with E-state index in [1.54, 1.807) is 6.92 Å². The second kappa shape index (κ2) is 3.13. The van der Waals surface area contributed by atoms with Crippen LogP contribution in [0.2, 0.25) is 0 Å². The smallest absolute Gasteiger partial charge is 0.166 e. The molecule has 98 valence electrons. The summed E-state index contributed by atoms with van der Waals surface area (Å²) >= 11 is 0. The van der Waals surface area contributed by atoms with E-state index in [0.717, 1.165) is 12.7 Å². The van der Waals surface area contributed by atoms with Crippen LogP contribution >= 0.6 is 0 Å². The van der Waals surface area contributed by atoms with Crippen LogP contribution in [0.5, 0.6) is 0 Å². The minimum absolute atomic E-state index is 0.151. The third kappa shape index (κ3) is 0.979. The van der Waals surface area contributed by atoms with Crippen molar-refractivity contribution in [3.8, 4) is 0 Å². The van der Waals surface area contributed by atoms with E-state index in [0.29, 0.717) is 18.8 Å². The fourth-order valence-electron chi connectivity index (χ4n) is 4.55. The Hall–Kier alpha value is -0.960. The molecule has 2 saturated carbocycles. The van der Waals surface area contributed by atoms with Gasteiger partial charge in [-0.25, -0.2) is 0 Å². The number of aliphatic hydroxyl groups is 1. The number of ketones is 1. The Morgan fingerprint density at radius 1 is 1.44 bits per heavy atom. The predicted octanol–water partition coefficient (Wildman–Crippen LogP) is 1.89. The van der Waals surface area contributed by atoms with Crippen LogP contribution in [0.4, 0.5) is 0 Å². The van der Waals surface area contributed by atoms with Crippen LogP contribution < -0.4 is 0 Å². The maximum atomic E-state index is 12.3. The molecule has 3 aliphatic rings. The summed E-state index contributed by atoms with van der Waals surface area (Å²) in [7, 11) is 0. The van der Waals surface area contributed by atoms with Gasteiger partial charge in [-0.1, -0.05) is 25.5 Å². The summed E-state index contributed by atoms with van der Waals surface area (Å²) in [5, 5.41) is 10.8. The van der Waals surface area contributed by atoms with Crippen molar-refractivity contribution >= 4 is 12.1 Å². The number of hydrogen-bond donors (Lipinski definition) is 1. The van der Waals surface area contributed by atoms with Crippen LogP contribution in [0.15, 0.2) is 11.6 Å². The molecule has 3 aliphatic carbocycles. The fourth-order valence-corrected chi connectivity index (χ4v) is 4.55. The van der Waals surface area contributed by atoms with Gasteiger partial charge in [0.25, 0.3) is 0 Å². The van der Waals surface area contributed by atoms with Crippen LogP contribution in [0.1, 0.15) is 40.0 Å². The number of aldehydes is 1. The number of carbonyl (C=O) groups excluding carboxylic acids is 2. The van der Waals surface area contributed by atoms with Crippen molar-refractivity contribution in [1.29, 1.82) is 0 Å². The Kier molecular flexibility index (Phi) is 2.10. The zero-order chi connectivity index (χ0) is 13.3. The fraction of sp³-hybridized carbons (Fsp3) is 0.733. The van der Waals surface area contributed by atoms with Gasteiger partial charge >= 0.3 is 0 Å². The Morgan fingerprint density at radius 3 is 2.72 bits per heavy atom. The highest BCUT2D eigenvalue weighted by atomic mass is 16.3. The van der Waals surface area contributed by atoms with E-state index in [1.807, 2.05) is 6.92 Å². The van der Waals surface area contributed by atoms with E-state index in [2.05, 4.69) is 13.0 Å². The van der Waals surface area contributed by atoms with Crippen LogP contribution in [0.3, 0.4) is 0 Å². The molecule has 0 aromatic carbocycles. The Labute approximate surface area is 107 Å². The van der Waals surface area contributed by atoms with Crippen LogP contribution in [0, 0.1) is 22.7 Å². The largest absolute Gasteiger partial charge is 0.381 e. The Balaban J connectivity index is 2.24. The number of rotatable bonds is 1. The molecule has 0 spiro atoms. The van der Waals surface area contributed by atoms with Crippen LogP contribution in [0.25, 0.3) is 0 Å². The van der Waals surface area contributed by atoms with Crippen LogP contribution in [-0.4, -0.2) is 22.8 Å². The topological polar surface area (TPSA) is 54.4 Å². The minimum Gasteiger partial charge on any atom is -0.381 e. The van der Waals surface area contributed by atoms with Crippen molar-refractivity contribution in [3.63, 3.8) is 0 Å². The lowest BCUT2D eigenvalue weighted by molar-refractivity contribution is -0.160. The zero-order valence-electron chi connectivity index (χ0n) is 11.2. The van der Waals surface area contributed by atoms with Crippen molar-refractivity contribution in [2.24, 2.45) is 22.7 Å². The van der Waals surface area contributed by atoms with Crippen molar-refractivity contribution in [2.45, 2.75) is 45.6 Å². The molecule has 18 heavy (non-hydrogen) atoms. The molecule has 0 saturated heterocycles. The summed E-state index contributed by atoms with van der Waals surface area (Å²) < 4.78 is 0. The van der Waals surface area contributed by atoms with Gasteiger partial charge in [0.05, 0.1) is 5.41 Å². The lowest BCUT2D eigenvalue weighted by Gasteiger charge is -2.51. The summed E-state index contributed by atoms with van der Waals surface area (Å²) in [4.78, 5) is 23.9. The first-order chi connectivity index (χ1) is 8.30. The SMILES string of the molecule is CC1CC=C2C1CC1(O)C(=O)CC2(C)C1(C)C=O. The Bertz CT molecular complexity index is 480. The van der Waals surface area contributed by atoms with Crippen molar-refractivity contribution in [3.05, 3.63) is 11.6 Å². The van der Waals surface area contributed by atoms with Crippen LogP contribution in [-0.2, 0) is 9.59 Å². The lowest BCUT2D eigenvalue weighted by atomic mass is 9.52. The molecule has 0 radical (unpaired) electrons. The second-order valence-corrected chi connectivity index (χ2v) is 6.80. The second-order valence-electron chi connectivity index (χ2n) is 6.80. The quantitative estimate of drug-likeness (QED) is 0.569. The molecular formula is C15H20O3. The normalized spacial score (nSPS) is 54.2. The van der Waals surface area contributed by atoms with Crippen molar-refractivity contribution in [2.75, 3.05) is 0 Å². The number of fused-ring (bicyclic) bond motifs is 4. The molecule has 2 fully saturated rings. The van der Waals surface area contributed by atoms with E-state index in [-0.39, 0.29) is 11.7 Å². The third-order valence-corrected chi connectivity index (χ3v) is 6.16.